The molecule has 4 nitrogen and oxygen atoms in total. The van der Waals surface area contributed by atoms with Crippen molar-refractivity contribution in [3.8, 4) is 0 Å². The van der Waals surface area contributed by atoms with Gasteiger partial charge in [0.25, 0.3) is 0 Å². The van der Waals surface area contributed by atoms with Crippen LogP contribution in [0.2, 0.25) is 0 Å². The van der Waals surface area contributed by atoms with Crippen LogP contribution in [0.5, 0.6) is 0 Å². The molecule has 0 radical (unpaired) electrons. The third-order valence-electron chi connectivity index (χ3n) is 3.22. The van der Waals surface area contributed by atoms with Gasteiger partial charge in [0.15, 0.2) is 5.84 Å². The van der Waals surface area contributed by atoms with Crippen LogP contribution in [0.25, 0.3) is 0 Å². The number of hydrogen-bond acceptors (Lipinski definition) is 3. The Morgan fingerprint density at radius 3 is 2.45 bits per heavy atom. The molecule has 0 saturated heterocycles. The van der Waals surface area contributed by atoms with Crippen molar-refractivity contribution in [3.63, 3.8) is 0 Å². The fourth-order valence-electron chi connectivity index (χ4n) is 2.06. The van der Waals surface area contributed by atoms with Gasteiger partial charge in [0, 0.05) is 17.8 Å². The molecule has 0 aliphatic carbocycles. The van der Waals surface area contributed by atoms with Crippen molar-refractivity contribution in [2.45, 2.75) is 20.4 Å². The highest BCUT2D eigenvalue weighted by Crippen LogP contribution is 2.17. The topological polar surface area (TPSA) is 70.6 Å². The number of nitrogens with two attached hydrogens (primary N) is 1. The molecule has 4 N–H and O–H groups in total. The molecular formula is C16H19N3O. The number of aryl methyl sites for hydroxylation is 2. The van der Waals surface area contributed by atoms with Crippen LogP contribution in [0.15, 0.2) is 47.6 Å². The molecule has 2 aromatic carbocycles. The zero-order valence-electron chi connectivity index (χ0n) is 11.7. The Bertz CT molecular complexity index is 618. The van der Waals surface area contributed by atoms with E-state index in [0.717, 1.165) is 17.8 Å². The van der Waals surface area contributed by atoms with E-state index in [0.29, 0.717) is 5.56 Å². The fourth-order valence-corrected chi connectivity index (χ4v) is 2.06. The molecule has 0 heterocycles. The maximum Gasteiger partial charge on any atom is 0.170 e. The molecule has 4 heteroatoms. The summed E-state index contributed by atoms with van der Waals surface area (Å²) in [6.45, 7) is 4.92. The van der Waals surface area contributed by atoms with Gasteiger partial charge in [0.1, 0.15) is 0 Å². The predicted molar refractivity (Wildman–Crippen MR) is 82.2 cm³/mol. The van der Waals surface area contributed by atoms with Gasteiger partial charge in [0.2, 0.25) is 0 Å². The first-order valence-electron chi connectivity index (χ1n) is 6.48. The minimum Gasteiger partial charge on any atom is -0.409 e. The van der Waals surface area contributed by atoms with Crippen molar-refractivity contribution in [1.82, 2.24) is 0 Å². The van der Waals surface area contributed by atoms with Gasteiger partial charge in [-0.05, 0) is 31.0 Å². The SMILES string of the molecule is Cc1ccc(NCc2ccc(C(N)=NO)cc2)c(C)c1. The van der Waals surface area contributed by atoms with E-state index in [9.17, 15) is 0 Å². The summed E-state index contributed by atoms with van der Waals surface area (Å²) in [6, 6.07) is 14.0. The van der Waals surface area contributed by atoms with Crippen molar-refractivity contribution >= 4 is 11.5 Å². The van der Waals surface area contributed by atoms with Gasteiger partial charge in [-0.1, -0.05) is 47.1 Å². The van der Waals surface area contributed by atoms with Gasteiger partial charge in [0.05, 0.1) is 0 Å². The summed E-state index contributed by atoms with van der Waals surface area (Å²) in [5, 5.41) is 15.0. The summed E-state index contributed by atoms with van der Waals surface area (Å²) in [7, 11) is 0. The molecule has 0 unspecified atom stereocenters. The van der Waals surface area contributed by atoms with E-state index in [1.54, 1.807) is 0 Å². The summed E-state index contributed by atoms with van der Waals surface area (Å²) >= 11 is 0. The number of amidine groups is 1. The summed E-state index contributed by atoms with van der Waals surface area (Å²) < 4.78 is 0. The zero-order chi connectivity index (χ0) is 14.5. The van der Waals surface area contributed by atoms with Crippen LogP contribution >= 0.6 is 0 Å². The standard InChI is InChI=1S/C16H19N3O/c1-11-3-8-15(12(2)9-11)18-10-13-4-6-14(7-5-13)16(17)19-20/h3-9,18,20H,10H2,1-2H3,(H2,17,19). The van der Waals surface area contributed by atoms with E-state index in [-0.39, 0.29) is 5.84 Å². The third-order valence-corrected chi connectivity index (χ3v) is 3.22. The van der Waals surface area contributed by atoms with Crippen LogP contribution in [-0.4, -0.2) is 11.0 Å². The van der Waals surface area contributed by atoms with E-state index in [1.165, 1.54) is 11.1 Å². The Labute approximate surface area is 118 Å². The van der Waals surface area contributed by atoms with Crippen molar-refractivity contribution in [3.05, 3.63) is 64.7 Å². The molecule has 0 bridgehead atoms. The Kier molecular flexibility index (Phi) is 4.25. The summed E-state index contributed by atoms with van der Waals surface area (Å²) in [5.41, 5.74) is 11.0. The van der Waals surface area contributed by atoms with Crippen molar-refractivity contribution in [2.75, 3.05) is 5.32 Å². The van der Waals surface area contributed by atoms with E-state index in [4.69, 9.17) is 10.9 Å². The van der Waals surface area contributed by atoms with E-state index < -0.39 is 0 Å². The first-order valence-corrected chi connectivity index (χ1v) is 6.48. The largest absolute Gasteiger partial charge is 0.409 e. The number of hydrogen-bond donors (Lipinski definition) is 3. The third kappa shape index (κ3) is 3.29. The highest BCUT2D eigenvalue weighted by Gasteiger charge is 2.01. The minimum absolute atomic E-state index is 0.124. The molecule has 0 saturated carbocycles. The van der Waals surface area contributed by atoms with Gasteiger partial charge >= 0.3 is 0 Å². The predicted octanol–water partition coefficient (Wildman–Crippen LogP) is 3.01. The van der Waals surface area contributed by atoms with Gasteiger partial charge in [-0.25, -0.2) is 0 Å². The number of nitrogens with zero attached hydrogens (tertiary/aromatic N) is 1. The molecule has 0 fully saturated rings. The van der Waals surface area contributed by atoms with Crippen molar-refractivity contribution in [2.24, 2.45) is 10.9 Å². The molecular weight excluding hydrogens is 250 g/mol. The van der Waals surface area contributed by atoms with Crippen LogP contribution in [0, 0.1) is 13.8 Å². The molecule has 20 heavy (non-hydrogen) atoms. The van der Waals surface area contributed by atoms with Crippen LogP contribution in [-0.2, 0) is 6.54 Å². The summed E-state index contributed by atoms with van der Waals surface area (Å²) in [5.74, 6) is 0.124. The van der Waals surface area contributed by atoms with Gasteiger partial charge < -0.3 is 16.3 Å². The number of benzene rings is 2. The first kappa shape index (κ1) is 13.9. The normalized spacial score (nSPS) is 11.4. The summed E-state index contributed by atoms with van der Waals surface area (Å²) in [6.07, 6.45) is 0. The van der Waals surface area contributed by atoms with Gasteiger partial charge in [-0.15, -0.1) is 0 Å². The van der Waals surface area contributed by atoms with Crippen LogP contribution in [0.3, 0.4) is 0 Å². The van der Waals surface area contributed by atoms with Crippen molar-refractivity contribution in [1.29, 1.82) is 0 Å². The molecule has 2 rings (SSSR count). The minimum atomic E-state index is 0.124. The van der Waals surface area contributed by atoms with Crippen molar-refractivity contribution < 1.29 is 5.21 Å². The lowest BCUT2D eigenvalue weighted by Gasteiger charge is -2.10. The average Bonchev–Trinajstić information content (AvgIpc) is 2.46. The average molecular weight is 269 g/mol. The first-order chi connectivity index (χ1) is 9.60. The monoisotopic (exact) mass is 269 g/mol. The zero-order valence-corrected chi connectivity index (χ0v) is 11.7. The smallest absolute Gasteiger partial charge is 0.170 e. The lowest BCUT2D eigenvalue weighted by Crippen LogP contribution is -2.13. The highest BCUT2D eigenvalue weighted by atomic mass is 16.4. The lowest BCUT2D eigenvalue weighted by molar-refractivity contribution is 0.318. The highest BCUT2D eigenvalue weighted by molar-refractivity contribution is 5.96. The molecule has 0 aromatic heterocycles. The van der Waals surface area contributed by atoms with Gasteiger partial charge in [-0.2, -0.15) is 0 Å². The molecule has 0 spiro atoms. The quantitative estimate of drug-likeness (QED) is 0.346. The van der Waals surface area contributed by atoms with E-state index >= 15 is 0 Å². The lowest BCUT2D eigenvalue weighted by atomic mass is 10.1. The maximum absolute atomic E-state index is 8.61. The molecule has 2 aromatic rings. The molecule has 0 atom stereocenters. The van der Waals surface area contributed by atoms with E-state index in [1.807, 2.05) is 24.3 Å². The number of rotatable bonds is 4. The molecule has 0 aliphatic heterocycles. The number of nitrogens with one attached hydrogen (secondary N) is 1. The Balaban J connectivity index is 2.04. The maximum atomic E-state index is 8.61. The Hall–Kier alpha value is -2.49. The Morgan fingerprint density at radius 2 is 1.85 bits per heavy atom. The second-order valence-corrected chi connectivity index (χ2v) is 4.85. The van der Waals surface area contributed by atoms with Gasteiger partial charge in [-0.3, -0.25) is 0 Å². The molecule has 0 amide bonds. The molecule has 0 aliphatic rings. The van der Waals surface area contributed by atoms with Crippen LogP contribution in [0.4, 0.5) is 5.69 Å². The summed E-state index contributed by atoms with van der Waals surface area (Å²) in [4.78, 5) is 0. The second-order valence-electron chi connectivity index (χ2n) is 4.85. The number of anilines is 1. The fraction of sp³-hybridized carbons (Fsp3) is 0.188. The number of oxime groups is 1. The van der Waals surface area contributed by atoms with E-state index in [2.05, 4.69) is 42.5 Å². The second kappa shape index (κ2) is 6.10. The Morgan fingerprint density at radius 1 is 1.15 bits per heavy atom. The molecule has 104 valence electrons. The van der Waals surface area contributed by atoms with Crippen LogP contribution in [0.1, 0.15) is 22.3 Å². The van der Waals surface area contributed by atoms with Crippen LogP contribution < -0.4 is 11.1 Å².